The molecule has 13 heteroatoms. The number of phenolic OH excluding ortho intramolecular Hbond substituents is 1. The molecule has 45 heavy (non-hydrogen) atoms. The Morgan fingerprint density at radius 2 is 1.67 bits per heavy atom. The van der Waals surface area contributed by atoms with Crippen LogP contribution in [0.25, 0.3) is 0 Å². The molecule has 236 valence electrons. The van der Waals surface area contributed by atoms with Gasteiger partial charge in [-0.3, -0.25) is 29.0 Å². The van der Waals surface area contributed by atoms with E-state index >= 15 is 0 Å². The zero-order valence-corrected chi connectivity index (χ0v) is 27.3. The van der Waals surface area contributed by atoms with Crippen molar-refractivity contribution in [2.45, 2.75) is 28.5 Å². The van der Waals surface area contributed by atoms with Crippen LogP contribution in [0.4, 0.5) is 11.4 Å². The number of phenols is 1. The molecule has 7 rings (SSSR count). The van der Waals surface area contributed by atoms with Gasteiger partial charge in [0.25, 0.3) is 11.8 Å². The van der Waals surface area contributed by atoms with E-state index < -0.39 is 51.1 Å². The van der Waals surface area contributed by atoms with Gasteiger partial charge in [-0.15, -0.1) is 23.2 Å². The van der Waals surface area contributed by atoms with Crippen LogP contribution < -0.4 is 14.5 Å². The Kier molecular flexibility index (Phi) is 7.46. The summed E-state index contributed by atoms with van der Waals surface area (Å²) in [5.41, 5.74) is 2.13. The van der Waals surface area contributed by atoms with E-state index in [1.165, 1.54) is 18.1 Å². The first-order chi connectivity index (χ1) is 21.6. The van der Waals surface area contributed by atoms with Gasteiger partial charge in [0.2, 0.25) is 11.8 Å². The molecule has 3 saturated heterocycles. The van der Waals surface area contributed by atoms with Gasteiger partial charge in [0.15, 0.2) is 9.75 Å². The number of likely N-dealkylation sites (tertiary alicyclic amines) is 1. The Balaban J connectivity index is 1.31. The number of rotatable bonds is 5. The standard InChI is InChI=1S/C32H30BrCl2N3O7/c1-44-19-6-9-24(39)22(14-19)26-20-7-8-21-25(23(20)15-31(34)29(42)37(16-33)30(43)32(26,31)35)28(41)38(27(21)40)18-4-2-17(3-5-18)36-10-12-45-13-11-36/h2-7,9,14,21,23,25-26,39H,8,10-13,15-16H2,1H3. The first kappa shape index (κ1) is 30.5. The maximum atomic E-state index is 14.3. The second-order valence-corrected chi connectivity index (χ2v) is 13.8. The summed E-state index contributed by atoms with van der Waals surface area (Å²) >= 11 is 17.7. The van der Waals surface area contributed by atoms with Crippen LogP contribution in [0.1, 0.15) is 24.3 Å². The van der Waals surface area contributed by atoms with Crippen molar-refractivity contribution in [2.75, 3.05) is 48.7 Å². The minimum absolute atomic E-state index is 0.133. The van der Waals surface area contributed by atoms with E-state index in [-0.39, 0.29) is 35.5 Å². The number of carbonyl (C=O) groups is 4. The number of anilines is 2. The molecule has 0 radical (unpaired) electrons. The molecule has 3 aliphatic heterocycles. The lowest BCUT2D eigenvalue weighted by Gasteiger charge is -2.50. The van der Waals surface area contributed by atoms with Crippen LogP contribution in [-0.2, 0) is 23.9 Å². The number of fused-ring (bicyclic) bond motifs is 4. The smallest absolute Gasteiger partial charge is 0.254 e. The fourth-order valence-corrected chi connectivity index (χ4v) is 9.30. The van der Waals surface area contributed by atoms with Crippen molar-refractivity contribution in [3.63, 3.8) is 0 Å². The number of morpholine rings is 1. The lowest BCUT2D eigenvalue weighted by molar-refractivity contribution is -0.138. The number of nitrogens with zero attached hydrogens (tertiary/aromatic N) is 3. The maximum Gasteiger partial charge on any atom is 0.254 e. The number of halogens is 3. The SMILES string of the molecule is COc1ccc(O)c(C2C3=CCC4C(=O)N(c5ccc(N6CCOCC6)cc5)C(=O)C4C3CC3(Cl)C(=O)N(CBr)C(=O)C23Cl)c1. The molecule has 0 aromatic heterocycles. The van der Waals surface area contributed by atoms with Crippen molar-refractivity contribution in [3.8, 4) is 11.5 Å². The number of allylic oxidation sites excluding steroid dienone is 2. The van der Waals surface area contributed by atoms with E-state index in [0.717, 1.165) is 23.7 Å². The Hall–Kier alpha value is -3.12. The van der Waals surface area contributed by atoms with Gasteiger partial charge < -0.3 is 19.5 Å². The summed E-state index contributed by atoms with van der Waals surface area (Å²) < 4.78 is 10.9. The van der Waals surface area contributed by atoms with Crippen LogP contribution in [0.2, 0.25) is 0 Å². The third-order valence-corrected chi connectivity index (χ3v) is 12.0. The predicted molar refractivity (Wildman–Crippen MR) is 170 cm³/mol. The monoisotopic (exact) mass is 717 g/mol. The van der Waals surface area contributed by atoms with Gasteiger partial charge in [-0.1, -0.05) is 27.6 Å². The van der Waals surface area contributed by atoms with Crippen LogP contribution in [0.5, 0.6) is 11.5 Å². The quantitative estimate of drug-likeness (QED) is 0.212. The second-order valence-electron chi connectivity index (χ2n) is 12.0. The number of hydrogen-bond donors (Lipinski definition) is 1. The van der Waals surface area contributed by atoms with Gasteiger partial charge in [-0.25, -0.2) is 0 Å². The highest BCUT2D eigenvalue weighted by molar-refractivity contribution is 9.09. The molecule has 4 fully saturated rings. The Bertz CT molecular complexity index is 1650. The number of hydrogen-bond acceptors (Lipinski definition) is 8. The van der Waals surface area contributed by atoms with E-state index in [1.54, 1.807) is 24.3 Å². The molecule has 6 unspecified atom stereocenters. The number of alkyl halides is 3. The fraction of sp³-hybridized carbons (Fsp3) is 0.438. The van der Waals surface area contributed by atoms with Gasteiger partial charge >= 0.3 is 0 Å². The third kappa shape index (κ3) is 4.23. The van der Waals surface area contributed by atoms with Gasteiger partial charge in [0.05, 0.1) is 43.3 Å². The molecule has 2 aromatic carbocycles. The van der Waals surface area contributed by atoms with E-state index in [0.29, 0.717) is 30.2 Å². The zero-order chi connectivity index (χ0) is 31.8. The van der Waals surface area contributed by atoms with Crippen LogP contribution in [-0.4, -0.2) is 82.3 Å². The molecule has 5 aliphatic rings. The lowest BCUT2D eigenvalue weighted by Crippen LogP contribution is -2.60. The molecule has 6 atom stereocenters. The number of benzene rings is 2. The molecule has 10 nitrogen and oxygen atoms in total. The van der Waals surface area contributed by atoms with Crippen molar-refractivity contribution in [1.29, 1.82) is 0 Å². The van der Waals surface area contributed by atoms with E-state index in [2.05, 4.69) is 20.8 Å². The highest BCUT2D eigenvalue weighted by Gasteiger charge is 2.76. The van der Waals surface area contributed by atoms with Gasteiger partial charge in [0, 0.05) is 30.3 Å². The molecule has 4 amide bonds. The van der Waals surface area contributed by atoms with Crippen molar-refractivity contribution in [2.24, 2.45) is 17.8 Å². The van der Waals surface area contributed by atoms with Crippen molar-refractivity contribution >= 4 is 74.1 Å². The summed E-state index contributed by atoms with van der Waals surface area (Å²) in [5, 5.41) is 11.1. The number of methoxy groups -OCH3 is 1. The molecule has 0 spiro atoms. The Morgan fingerprint density at radius 1 is 0.978 bits per heavy atom. The summed E-state index contributed by atoms with van der Waals surface area (Å²) in [6.07, 6.45) is 1.92. The van der Waals surface area contributed by atoms with Crippen molar-refractivity contribution in [3.05, 3.63) is 59.7 Å². The average molecular weight is 719 g/mol. The molecule has 1 saturated carbocycles. The molecule has 2 aromatic rings. The Morgan fingerprint density at radius 3 is 2.33 bits per heavy atom. The largest absolute Gasteiger partial charge is 0.508 e. The number of ether oxygens (including phenoxy) is 2. The normalized spacial score (nSPS) is 32.8. The van der Waals surface area contributed by atoms with Crippen LogP contribution in [0.3, 0.4) is 0 Å². The van der Waals surface area contributed by atoms with Crippen LogP contribution in [0.15, 0.2) is 54.1 Å². The Labute approximate surface area is 277 Å². The van der Waals surface area contributed by atoms with Gasteiger partial charge in [-0.05, 0) is 61.2 Å². The van der Waals surface area contributed by atoms with Crippen LogP contribution in [0, 0.1) is 17.8 Å². The minimum atomic E-state index is -2.01. The summed E-state index contributed by atoms with van der Waals surface area (Å²) in [5.74, 6) is -5.22. The number of aromatic hydroxyl groups is 1. The third-order valence-electron chi connectivity index (χ3n) is 10.0. The van der Waals surface area contributed by atoms with E-state index in [4.69, 9.17) is 32.7 Å². The topological polar surface area (TPSA) is 117 Å². The van der Waals surface area contributed by atoms with Gasteiger partial charge in [0.1, 0.15) is 11.5 Å². The van der Waals surface area contributed by atoms with Gasteiger partial charge in [-0.2, -0.15) is 0 Å². The molecule has 0 bridgehead atoms. The first-order valence-corrected chi connectivity index (χ1v) is 16.6. The second kappa shape index (κ2) is 11.0. The average Bonchev–Trinajstić information content (AvgIpc) is 3.39. The van der Waals surface area contributed by atoms with Crippen molar-refractivity contribution in [1.82, 2.24) is 4.90 Å². The highest BCUT2D eigenvalue weighted by Crippen LogP contribution is 2.66. The molecule has 2 aliphatic carbocycles. The van der Waals surface area contributed by atoms with E-state index in [9.17, 15) is 24.3 Å². The van der Waals surface area contributed by atoms with Crippen molar-refractivity contribution < 1.29 is 33.8 Å². The number of carbonyl (C=O) groups excluding carboxylic acids is 4. The molecule has 3 heterocycles. The summed E-state index contributed by atoms with van der Waals surface area (Å²) in [7, 11) is 1.47. The molecule has 1 N–H and O–H groups in total. The number of imide groups is 2. The van der Waals surface area contributed by atoms with Crippen LogP contribution >= 0.6 is 39.1 Å². The zero-order valence-electron chi connectivity index (χ0n) is 24.3. The fourth-order valence-electron chi connectivity index (χ4n) is 7.88. The predicted octanol–water partition coefficient (Wildman–Crippen LogP) is 4.15. The lowest BCUT2D eigenvalue weighted by atomic mass is 9.56. The minimum Gasteiger partial charge on any atom is -0.508 e. The van der Waals surface area contributed by atoms with E-state index in [1.807, 2.05) is 18.2 Å². The first-order valence-electron chi connectivity index (χ1n) is 14.7. The number of amides is 4. The molecular weight excluding hydrogens is 689 g/mol. The summed E-state index contributed by atoms with van der Waals surface area (Å²) in [6.45, 7) is 2.77. The summed E-state index contributed by atoms with van der Waals surface area (Å²) in [4.78, 5) is 56.3. The summed E-state index contributed by atoms with van der Waals surface area (Å²) in [6, 6.07) is 11.9. The molecular formula is C32H30BrCl2N3O7. The highest BCUT2D eigenvalue weighted by atomic mass is 79.9. The maximum absolute atomic E-state index is 14.3.